The van der Waals surface area contributed by atoms with Gasteiger partial charge in [0.2, 0.25) is 0 Å². The number of halogens is 2. The maximum Gasteiger partial charge on any atom is 0.305 e. The smallest absolute Gasteiger partial charge is 0.305 e. The molecule has 0 saturated carbocycles. The van der Waals surface area contributed by atoms with Crippen LogP contribution in [0.1, 0.15) is 12.0 Å². The van der Waals surface area contributed by atoms with Gasteiger partial charge in [0.1, 0.15) is 5.82 Å². The van der Waals surface area contributed by atoms with Gasteiger partial charge in [-0.25, -0.2) is 4.39 Å². The molecule has 1 N–H and O–H groups in total. The van der Waals surface area contributed by atoms with Gasteiger partial charge < -0.3 is 10.0 Å². The molecule has 0 saturated heterocycles. The van der Waals surface area contributed by atoms with E-state index >= 15 is 0 Å². The number of hydrogen-bond donors (Lipinski definition) is 1. The number of rotatable bonds is 6. The molecule has 2 aromatic rings. The van der Waals surface area contributed by atoms with Crippen molar-refractivity contribution in [2.45, 2.75) is 13.0 Å². The highest BCUT2D eigenvalue weighted by Gasteiger charge is 2.13. The first-order valence-electron chi connectivity index (χ1n) is 6.52. The van der Waals surface area contributed by atoms with E-state index in [1.807, 2.05) is 35.2 Å². The Morgan fingerprint density at radius 1 is 1.14 bits per heavy atom. The Kier molecular flexibility index (Phi) is 5.17. The normalized spacial score (nSPS) is 10.4. The standard InChI is InChI=1S/C16H15ClFNO2/c17-14-8-4-5-12(16(14)18)11-19(10-9-15(20)21)13-6-2-1-3-7-13/h1-8H,9-11H2,(H,20,21). The van der Waals surface area contributed by atoms with E-state index in [-0.39, 0.29) is 18.0 Å². The van der Waals surface area contributed by atoms with E-state index in [4.69, 9.17) is 16.7 Å². The van der Waals surface area contributed by atoms with E-state index < -0.39 is 11.8 Å². The Hall–Kier alpha value is -2.07. The third-order valence-corrected chi connectivity index (χ3v) is 3.40. The molecule has 0 aromatic heterocycles. The first kappa shape index (κ1) is 15.3. The van der Waals surface area contributed by atoms with Gasteiger partial charge in [-0.2, -0.15) is 0 Å². The third kappa shape index (κ3) is 4.20. The van der Waals surface area contributed by atoms with Crippen LogP contribution in [0.3, 0.4) is 0 Å². The number of carbonyl (C=O) groups is 1. The predicted molar refractivity (Wildman–Crippen MR) is 81.2 cm³/mol. The van der Waals surface area contributed by atoms with Crippen molar-refractivity contribution in [2.75, 3.05) is 11.4 Å². The molecular formula is C16H15ClFNO2. The average molecular weight is 308 g/mol. The van der Waals surface area contributed by atoms with Crippen LogP contribution in [0.25, 0.3) is 0 Å². The molecule has 0 aliphatic rings. The molecule has 0 spiro atoms. The molecule has 5 heteroatoms. The highest BCUT2D eigenvalue weighted by molar-refractivity contribution is 6.30. The molecule has 0 heterocycles. The minimum Gasteiger partial charge on any atom is -0.481 e. The summed E-state index contributed by atoms with van der Waals surface area (Å²) in [6, 6.07) is 14.1. The topological polar surface area (TPSA) is 40.5 Å². The van der Waals surface area contributed by atoms with Crippen molar-refractivity contribution in [3.8, 4) is 0 Å². The summed E-state index contributed by atoms with van der Waals surface area (Å²) in [5.74, 6) is -1.35. The lowest BCUT2D eigenvalue weighted by Gasteiger charge is -2.24. The summed E-state index contributed by atoms with van der Waals surface area (Å²) in [5, 5.41) is 8.92. The van der Waals surface area contributed by atoms with Gasteiger partial charge in [-0.3, -0.25) is 4.79 Å². The zero-order valence-electron chi connectivity index (χ0n) is 11.3. The van der Waals surface area contributed by atoms with Gasteiger partial charge in [-0.05, 0) is 18.2 Å². The van der Waals surface area contributed by atoms with Crippen molar-refractivity contribution in [1.29, 1.82) is 0 Å². The van der Waals surface area contributed by atoms with Gasteiger partial charge in [0.05, 0.1) is 11.4 Å². The van der Waals surface area contributed by atoms with Crippen LogP contribution in [0.4, 0.5) is 10.1 Å². The van der Waals surface area contributed by atoms with E-state index in [1.54, 1.807) is 12.1 Å². The molecule has 0 atom stereocenters. The van der Waals surface area contributed by atoms with E-state index in [0.717, 1.165) is 5.69 Å². The van der Waals surface area contributed by atoms with Crippen molar-refractivity contribution in [1.82, 2.24) is 0 Å². The zero-order chi connectivity index (χ0) is 15.2. The largest absolute Gasteiger partial charge is 0.481 e. The second-order valence-electron chi connectivity index (χ2n) is 4.61. The van der Waals surface area contributed by atoms with Crippen LogP contribution >= 0.6 is 11.6 Å². The second kappa shape index (κ2) is 7.09. The Balaban J connectivity index is 2.23. The Morgan fingerprint density at radius 2 is 1.86 bits per heavy atom. The Labute approximate surface area is 127 Å². The Bertz CT molecular complexity index is 619. The number of hydrogen-bond acceptors (Lipinski definition) is 2. The SMILES string of the molecule is O=C(O)CCN(Cc1cccc(Cl)c1F)c1ccccc1. The minimum atomic E-state index is -0.887. The van der Waals surface area contributed by atoms with E-state index in [1.165, 1.54) is 6.07 Å². The molecule has 2 rings (SSSR count). The fourth-order valence-corrected chi connectivity index (χ4v) is 2.24. The summed E-state index contributed by atoms with van der Waals surface area (Å²) in [6.07, 6.45) is -0.0168. The summed E-state index contributed by atoms with van der Waals surface area (Å²) in [6.45, 7) is 0.564. The number of carboxylic acids is 1. The lowest BCUT2D eigenvalue weighted by atomic mass is 10.1. The summed E-state index contributed by atoms with van der Waals surface area (Å²) in [7, 11) is 0. The lowest BCUT2D eigenvalue weighted by Crippen LogP contribution is -2.26. The summed E-state index contributed by atoms with van der Waals surface area (Å²) in [4.78, 5) is 12.6. The molecule has 110 valence electrons. The van der Waals surface area contributed by atoms with Crippen molar-refractivity contribution in [3.63, 3.8) is 0 Å². The lowest BCUT2D eigenvalue weighted by molar-refractivity contribution is -0.136. The fourth-order valence-electron chi connectivity index (χ4n) is 2.05. The highest BCUT2D eigenvalue weighted by Crippen LogP contribution is 2.22. The van der Waals surface area contributed by atoms with Crippen molar-refractivity contribution < 1.29 is 14.3 Å². The molecule has 3 nitrogen and oxygen atoms in total. The van der Waals surface area contributed by atoms with Gasteiger partial charge in [0.15, 0.2) is 0 Å². The quantitative estimate of drug-likeness (QED) is 0.878. The maximum absolute atomic E-state index is 14.0. The summed E-state index contributed by atoms with van der Waals surface area (Å²) in [5.41, 5.74) is 1.29. The number of carboxylic acid groups (broad SMARTS) is 1. The summed E-state index contributed by atoms with van der Waals surface area (Å²) < 4.78 is 14.0. The van der Waals surface area contributed by atoms with Crippen LogP contribution in [0.15, 0.2) is 48.5 Å². The molecule has 2 aromatic carbocycles. The average Bonchev–Trinajstić information content (AvgIpc) is 2.48. The van der Waals surface area contributed by atoms with E-state index in [2.05, 4.69) is 0 Å². The number of benzene rings is 2. The first-order valence-corrected chi connectivity index (χ1v) is 6.90. The molecule has 0 radical (unpaired) electrons. The van der Waals surface area contributed by atoms with Gasteiger partial charge in [0.25, 0.3) is 0 Å². The van der Waals surface area contributed by atoms with Gasteiger partial charge in [0, 0.05) is 24.3 Å². The number of aliphatic carboxylic acids is 1. The molecule has 21 heavy (non-hydrogen) atoms. The molecule has 0 bridgehead atoms. The minimum absolute atomic E-state index is 0.0168. The number of para-hydroxylation sites is 1. The molecule has 0 unspecified atom stereocenters. The van der Waals surface area contributed by atoms with Crippen LogP contribution in [0, 0.1) is 5.82 Å². The van der Waals surface area contributed by atoms with Gasteiger partial charge >= 0.3 is 5.97 Å². The van der Waals surface area contributed by atoms with Crippen LogP contribution in [-0.4, -0.2) is 17.6 Å². The van der Waals surface area contributed by atoms with E-state index in [9.17, 15) is 9.18 Å². The Morgan fingerprint density at radius 3 is 2.52 bits per heavy atom. The first-order chi connectivity index (χ1) is 10.1. The third-order valence-electron chi connectivity index (χ3n) is 3.11. The predicted octanol–water partition coefficient (Wildman–Crippen LogP) is 3.96. The van der Waals surface area contributed by atoms with Crippen LogP contribution in [0.2, 0.25) is 5.02 Å². The van der Waals surface area contributed by atoms with Crippen molar-refractivity contribution >= 4 is 23.3 Å². The monoisotopic (exact) mass is 307 g/mol. The molecule has 0 aliphatic heterocycles. The highest BCUT2D eigenvalue weighted by atomic mass is 35.5. The van der Waals surface area contributed by atoms with E-state index in [0.29, 0.717) is 12.1 Å². The maximum atomic E-state index is 14.0. The van der Waals surface area contributed by atoms with Crippen LogP contribution in [-0.2, 0) is 11.3 Å². The van der Waals surface area contributed by atoms with Crippen LogP contribution in [0.5, 0.6) is 0 Å². The molecule has 0 aliphatic carbocycles. The van der Waals surface area contributed by atoms with Gasteiger partial charge in [-0.1, -0.05) is 41.9 Å². The van der Waals surface area contributed by atoms with Crippen molar-refractivity contribution in [3.05, 3.63) is 64.9 Å². The molecule has 0 fully saturated rings. The fraction of sp³-hybridized carbons (Fsp3) is 0.188. The summed E-state index contributed by atoms with van der Waals surface area (Å²) >= 11 is 5.78. The second-order valence-corrected chi connectivity index (χ2v) is 5.02. The molecule has 0 amide bonds. The molecular weight excluding hydrogens is 293 g/mol. The van der Waals surface area contributed by atoms with Crippen molar-refractivity contribution in [2.24, 2.45) is 0 Å². The number of anilines is 1. The zero-order valence-corrected chi connectivity index (χ0v) is 12.1. The number of nitrogens with zero attached hydrogens (tertiary/aromatic N) is 1. The van der Waals surface area contributed by atoms with Crippen LogP contribution < -0.4 is 4.90 Å². The van der Waals surface area contributed by atoms with Gasteiger partial charge in [-0.15, -0.1) is 0 Å².